The van der Waals surface area contributed by atoms with Gasteiger partial charge in [0, 0.05) is 43.7 Å². The fraction of sp³-hybridized carbons (Fsp3) is 0.500. The van der Waals surface area contributed by atoms with Gasteiger partial charge < -0.3 is 15.5 Å². The number of hydrogen-bond donors (Lipinski definition) is 2. The quantitative estimate of drug-likeness (QED) is 0.835. The Morgan fingerprint density at radius 2 is 2.00 bits per heavy atom. The van der Waals surface area contributed by atoms with Crippen LogP contribution in [-0.4, -0.2) is 42.3 Å². The van der Waals surface area contributed by atoms with E-state index >= 15 is 0 Å². The molecular weight excluding hydrogens is 342 g/mol. The maximum Gasteiger partial charge on any atom is 0.315 e. The molecule has 27 heavy (non-hydrogen) atoms. The Morgan fingerprint density at radius 1 is 1.22 bits per heavy atom. The molecule has 3 amide bonds. The molecule has 7 heteroatoms. The lowest BCUT2D eigenvalue weighted by Gasteiger charge is -2.29. The van der Waals surface area contributed by atoms with Crippen molar-refractivity contribution in [3.8, 4) is 0 Å². The minimum Gasteiger partial charge on any atom is -0.356 e. The first-order valence-electron chi connectivity index (χ1n) is 9.52. The predicted molar refractivity (Wildman–Crippen MR) is 106 cm³/mol. The van der Waals surface area contributed by atoms with Crippen molar-refractivity contribution in [2.45, 2.75) is 39.7 Å². The number of anilines is 1. The molecule has 1 unspecified atom stereocenters. The van der Waals surface area contributed by atoms with E-state index in [2.05, 4.69) is 25.5 Å². The highest BCUT2D eigenvalue weighted by Gasteiger charge is 2.24. The minimum absolute atomic E-state index is 0.201. The van der Waals surface area contributed by atoms with Crippen LogP contribution in [0.2, 0.25) is 0 Å². The summed E-state index contributed by atoms with van der Waals surface area (Å²) in [6.45, 7) is 6.34. The molecule has 1 fully saturated rings. The summed E-state index contributed by atoms with van der Waals surface area (Å²) in [5, 5.41) is 5.66. The number of urea groups is 1. The third kappa shape index (κ3) is 4.93. The topological polar surface area (TPSA) is 86.7 Å². The predicted octanol–water partition coefficient (Wildman–Crippen LogP) is 2.43. The van der Waals surface area contributed by atoms with Crippen molar-refractivity contribution < 1.29 is 9.59 Å². The highest BCUT2D eigenvalue weighted by Crippen LogP contribution is 2.21. The number of nitrogens with one attached hydrogen (secondary N) is 2. The van der Waals surface area contributed by atoms with Crippen LogP contribution in [0.3, 0.4) is 0 Å². The number of aromatic nitrogens is 1. The molecule has 0 aliphatic carbocycles. The molecule has 3 heterocycles. The zero-order valence-corrected chi connectivity index (χ0v) is 16.0. The number of carbonyl (C=O) groups excluding carboxylic acids is 2. The Labute approximate surface area is 160 Å². The number of allylic oxidation sites excluding steroid dienone is 1. The molecule has 2 aliphatic rings. The second-order valence-electron chi connectivity index (χ2n) is 7.13. The Morgan fingerprint density at radius 3 is 2.74 bits per heavy atom. The van der Waals surface area contributed by atoms with Crippen molar-refractivity contribution in [2.75, 3.05) is 24.5 Å². The van der Waals surface area contributed by atoms with E-state index < -0.39 is 0 Å². The van der Waals surface area contributed by atoms with Gasteiger partial charge in [-0.15, -0.1) is 0 Å². The van der Waals surface area contributed by atoms with Crippen molar-refractivity contribution in [1.29, 1.82) is 0 Å². The molecule has 1 aromatic heterocycles. The van der Waals surface area contributed by atoms with Gasteiger partial charge in [0.1, 0.15) is 5.82 Å². The summed E-state index contributed by atoms with van der Waals surface area (Å²) in [4.78, 5) is 35.0. The van der Waals surface area contributed by atoms with Crippen LogP contribution in [-0.2, 0) is 11.3 Å². The van der Waals surface area contributed by atoms with Gasteiger partial charge in [-0.3, -0.25) is 4.79 Å². The summed E-state index contributed by atoms with van der Waals surface area (Å²) in [7, 11) is 0. The first-order chi connectivity index (χ1) is 13.0. The molecule has 144 valence electrons. The van der Waals surface area contributed by atoms with Gasteiger partial charge in [-0.25, -0.2) is 14.8 Å². The summed E-state index contributed by atoms with van der Waals surface area (Å²) in [5.74, 6) is 0.359. The van der Waals surface area contributed by atoms with Gasteiger partial charge in [-0.05, 0) is 45.3 Å². The van der Waals surface area contributed by atoms with E-state index in [1.54, 1.807) is 13.1 Å². The second-order valence-corrected chi connectivity index (χ2v) is 7.13. The summed E-state index contributed by atoms with van der Waals surface area (Å²) in [5.41, 5.74) is 2.63. The zero-order chi connectivity index (χ0) is 19.2. The second kappa shape index (κ2) is 8.79. The van der Waals surface area contributed by atoms with E-state index in [-0.39, 0.29) is 24.4 Å². The van der Waals surface area contributed by atoms with Gasteiger partial charge in [0.25, 0.3) is 5.91 Å². The average molecular weight is 369 g/mol. The summed E-state index contributed by atoms with van der Waals surface area (Å²) >= 11 is 0. The van der Waals surface area contributed by atoms with Crippen molar-refractivity contribution in [3.63, 3.8) is 0 Å². The van der Waals surface area contributed by atoms with Crippen LogP contribution in [0.4, 0.5) is 10.6 Å². The first-order valence-corrected chi connectivity index (χ1v) is 9.52. The van der Waals surface area contributed by atoms with Crippen LogP contribution in [0.5, 0.6) is 0 Å². The highest BCUT2D eigenvalue weighted by molar-refractivity contribution is 6.05. The Hall–Kier alpha value is -2.70. The van der Waals surface area contributed by atoms with Crippen LogP contribution in [0, 0.1) is 5.92 Å². The van der Waals surface area contributed by atoms with E-state index in [1.807, 2.05) is 25.1 Å². The molecule has 0 saturated carbocycles. The van der Waals surface area contributed by atoms with Crippen molar-refractivity contribution in [1.82, 2.24) is 15.6 Å². The summed E-state index contributed by atoms with van der Waals surface area (Å²) < 4.78 is 0. The lowest BCUT2D eigenvalue weighted by Crippen LogP contribution is -2.40. The third-order valence-corrected chi connectivity index (χ3v) is 5.00. The molecule has 7 nitrogen and oxygen atoms in total. The van der Waals surface area contributed by atoms with Crippen LogP contribution >= 0.6 is 0 Å². The highest BCUT2D eigenvalue weighted by atomic mass is 16.2. The SMILES string of the molecule is CC1=CC(C)=NC(=O)C1CNC(=O)NCc1cccnc1N1CCCCC1. The molecular formula is C20H27N5O2. The molecule has 2 N–H and O–H groups in total. The normalized spacial score (nSPS) is 20.0. The van der Waals surface area contributed by atoms with E-state index in [0.29, 0.717) is 12.3 Å². The number of nitrogens with zero attached hydrogens (tertiary/aromatic N) is 3. The summed E-state index contributed by atoms with van der Waals surface area (Å²) in [6.07, 6.45) is 7.28. The number of aliphatic imine (C=N–C) groups is 1. The molecule has 1 atom stereocenters. The lowest BCUT2D eigenvalue weighted by molar-refractivity contribution is -0.120. The van der Waals surface area contributed by atoms with Crippen LogP contribution < -0.4 is 15.5 Å². The van der Waals surface area contributed by atoms with Crippen molar-refractivity contribution in [3.05, 3.63) is 35.5 Å². The Balaban J connectivity index is 1.53. The standard InChI is InChI=1S/C20H27N5O2/c1-14-11-15(2)24-19(26)17(14)13-23-20(27)22-12-16-7-6-8-21-18(16)25-9-4-3-5-10-25/h6-8,11,17H,3-5,9-10,12-13H2,1-2H3,(H2,22,23,27). The largest absolute Gasteiger partial charge is 0.356 e. The Kier molecular flexibility index (Phi) is 6.21. The number of hydrogen-bond acceptors (Lipinski definition) is 4. The van der Waals surface area contributed by atoms with Gasteiger partial charge >= 0.3 is 6.03 Å². The van der Waals surface area contributed by atoms with E-state index in [4.69, 9.17) is 0 Å². The number of piperidine rings is 1. The number of pyridine rings is 1. The van der Waals surface area contributed by atoms with Crippen LogP contribution in [0.15, 0.2) is 35.0 Å². The van der Waals surface area contributed by atoms with Crippen LogP contribution in [0.1, 0.15) is 38.7 Å². The summed E-state index contributed by atoms with van der Waals surface area (Å²) in [6, 6.07) is 3.58. The van der Waals surface area contributed by atoms with Crippen molar-refractivity contribution in [2.24, 2.45) is 10.9 Å². The maximum atomic E-state index is 12.2. The van der Waals surface area contributed by atoms with E-state index in [0.717, 1.165) is 30.0 Å². The van der Waals surface area contributed by atoms with Gasteiger partial charge in [0.05, 0.1) is 5.92 Å². The van der Waals surface area contributed by atoms with E-state index in [1.165, 1.54) is 19.3 Å². The number of amides is 3. The minimum atomic E-state index is -0.387. The fourth-order valence-electron chi connectivity index (χ4n) is 3.55. The molecule has 3 rings (SSSR count). The zero-order valence-electron chi connectivity index (χ0n) is 16.0. The number of dihydropyridines is 1. The van der Waals surface area contributed by atoms with Gasteiger partial charge in [-0.2, -0.15) is 0 Å². The molecule has 2 aliphatic heterocycles. The smallest absolute Gasteiger partial charge is 0.315 e. The maximum absolute atomic E-state index is 12.2. The lowest BCUT2D eigenvalue weighted by atomic mass is 9.96. The molecule has 0 aromatic carbocycles. The molecule has 0 bridgehead atoms. The van der Waals surface area contributed by atoms with Crippen LogP contribution in [0.25, 0.3) is 0 Å². The fourth-order valence-corrected chi connectivity index (χ4v) is 3.55. The number of rotatable bonds is 5. The molecule has 1 saturated heterocycles. The average Bonchev–Trinajstić information content (AvgIpc) is 2.66. The van der Waals surface area contributed by atoms with Gasteiger partial charge in [-0.1, -0.05) is 11.6 Å². The molecule has 1 aromatic rings. The molecule has 0 spiro atoms. The number of carbonyl (C=O) groups is 2. The van der Waals surface area contributed by atoms with Crippen molar-refractivity contribution >= 4 is 23.5 Å². The van der Waals surface area contributed by atoms with Gasteiger partial charge in [0.15, 0.2) is 0 Å². The molecule has 0 radical (unpaired) electrons. The Bertz CT molecular complexity index is 765. The first kappa shape index (κ1) is 19.1. The van der Waals surface area contributed by atoms with E-state index in [9.17, 15) is 9.59 Å². The monoisotopic (exact) mass is 369 g/mol. The van der Waals surface area contributed by atoms with Gasteiger partial charge in [0.2, 0.25) is 0 Å². The third-order valence-electron chi connectivity index (χ3n) is 5.00.